The number of methoxy groups -OCH3 is 1. The maximum absolute atomic E-state index is 12.4. The van der Waals surface area contributed by atoms with E-state index in [1.807, 2.05) is 30.3 Å². The first-order valence-corrected chi connectivity index (χ1v) is 9.12. The minimum absolute atomic E-state index is 0.0505. The molecule has 0 spiro atoms. The third-order valence-corrected chi connectivity index (χ3v) is 4.66. The van der Waals surface area contributed by atoms with Crippen LogP contribution < -0.4 is 4.74 Å². The molecule has 0 radical (unpaired) electrons. The van der Waals surface area contributed by atoms with Crippen molar-refractivity contribution in [2.24, 2.45) is 11.8 Å². The number of para-hydroxylation sites is 1. The van der Waals surface area contributed by atoms with Crippen LogP contribution in [-0.4, -0.2) is 53.4 Å². The minimum atomic E-state index is -0.673. The molecular weight excluding hydrogens is 346 g/mol. The summed E-state index contributed by atoms with van der Waals surface area (Å²) in [6.07, 6.45) is 2.72. The van der Waals surface area contributed by atoms with Crippen LogP contribution in [0, 0.1) is 11.8 Å². The van der Waals surface area contributed by atoms with Gasteiger partial charge in [0.2, 0.25) is 5.69 Å². The molecule has 2 heterocycles. The molecule has 2 atom stereocenters. The van der Waals surface area contributed by atoms with Gasteiger partial charge in [0, 0.05) is 13.1 Å². The number of esters is 1. The molecule has 1 aromatic heterocycles. The Morgan fingerprint density at radius 2 is 1.81 bits per heavy atom. The van der Waals surface area contributed by atoms with Gasteiger partial charge in [-0.1, -0.05) is 32.0 Å². The van der Waals surface area contributed by atoms with Gasteiger partial charge < -0.3 is 14.4 Å². The number of carbonyl (C=O) groups is 2. The van der Waals surface area contributed by atoms with Crippen LogP contribution in [0.4, 0.5) is 0 Å². The highest BCUT2D eigenvalue weighted by atomic mass is 16.5. The van der Waals surface area contributed by atoms with Gasteiger partial charge >= 0.3 is 5.97 Å². The van der Waals surface area contributed by atoms with E-state index in [0.717, 1.165) is 12.1 Å². The first kappa shape index (κ1) is 18.9. The molecule has 7 nitrogen and oxygen atoms in total. The molecule has 1 amide bonds. The lowest BCUT2D eigenvalue weighted by molar-refractivity contribution is -0.137. The first-order valence-electron chi connectivity index (χ1n) is 9.12. The summed E-state index contributed by atoms with van der Waals surface area (Å²) in [6.45, 7) is 5.37. The maximum atomic E-state index is 12.4. The van der Waals surface area contributed by atoms with E-state index in [1.165, 1.54) is 7.11 Å². The smallest absolute Gasteiger partial charge is 0.363 e. The minimum Gasteiger partial charge on any atom is -0.493 e. The predicted octanol–water partition coefficient (Wildman–Crippen LogP) is 2.54. The number of aromatic nitrogens is 2. The van der Waals surface area contributed by atoms with Crippen LogP contribution in [0.2, 0.25) is 0 Å². The lowest BCUT2D eigenvalue weighted by atomic mass is 9.92. The summed E-state index contributed by atoms with van der Waals surface area (Å²) in [5.41, 5.74) is 0.844. The van der Waals surface area contributed by atoms with Crippen LogP contribution in [0.25, 0.3) is 5.69 Å². The Hall–Kier alpha value is -2.83. The van der Waals surface area contributed by atoms with E-state index in [0.29, 0.717) is 30.7 Å². The fourth-order valence-corrected chi connectivity index (χ4v) is 3.52. The SMILES string of the molecule is COc1cn(-c2ccccc2)nc1C(=O)OCC(=O)N1C[C@@H](C)C[C@H](C)C1. The normalized spacial score (nSPS) is 19.6. The Morgan fingerprint density at radius 1 is 1.15 bits per heavy atom. The highest BCUT2D eigenvalue weighted by Gasteiger charge is 2.27. The molecule has 144 valence electrons. The third kappa shape index (κ3) is 4.48. The Bertz CT molecular complexity index is 793. The van der Waals surface area contributed by atoms with Crippen LogP contribution in [0.15, 0.2) is 36.5 Å². The second kappa shape index (κ2) is 8.24. The number of piperidine rings is 1. The largest absolute Gasteiger partial charge is 0.493 e. The molecule has 0 bridgehead atoms. The molecule has 3 rings (SSSR count). The summed E-state index contributed by atoms with van der Waals surface area (Å²) in [6, 6.07) is 9.38. The number of amides is 1. The van der Waals surface area contributed by atoms with Gasteiger partial charge in [-0.05, 0) is 30.4 Å². The number of rotatable bonds is 5. The zero-order valence-electron chi connectivity index (χ0n) is 15.9. The molecule has 0 saturated carbocycles. The first-order chi connectivity index (χ1) is 13.0. The molecule has 27 heavy (non-hydrogen) atoms. The van der Waals surface area contributed by atoms with Crippen LogP contribution in [0.5, 0.6) is 5.75 Å². The van der Waals surface area contributed by atoms with E-state index < -0.39 is 5.97 Å². The van der Waals surface area contributed by atoms with E-state index in [2.05, 4.69) is 18.9 Å². The zero-order chi connectivity index (χ0) is 19.4. The predicted molar refractivity (Wildman–Crippen MR) is 99.9 cm³/mol. The van der Waals surface area contributed by atoms with Crippen molar-refractivity contribution in [1.29, 1.82) is 0 Å². The molecule has 1 saturated heterocycles. The quantitative estimate of drug-likeness (QED) is 0.755. The van der Waals surface area contributed by atoms with Gasteiger partial charge in [0.25, 0.3) is 5.91 Å². The van der Waals surface area contributed by atoms with Crippen LogP contribution in [0.1, 0.15) is 30.8 Å². The average molecular weight is 371 g/mol. The molecule has 2 aromatic rings. The summed E-state index contributed by atoms with van der Waals surface area (Å²) in [7, 11) is 1.46. The van der Waals surface area contributed by atoms with Crippen molar-refractivity contribution in [3.8, 4) is 11.4 Å². The molecule has 0 N–H and O–H groups in total. The Balaban J connectivity index is 1.66. The fourth-order valence-electron chi connectivity index (χ4n) is 3.52. The van der Waals surface area contributed by atoms with Crippen LogP contribution in [0.3, 0.4) is 0 Å². The van der Waals surface area contributed by atoms with E-state index in [4.69, 9.17) is 9.47 Å². The van der Waals surface area contributed by atoms with Crippen molar-refractivity contribution in [1.82, 2.24) is 14.7 Å². The van der Waals surface area contributed by atoms with Gasteiger partial charge in [-0.2, -0.15) is 5.10 Å². The zero-order valence-corrected chi connectivity index (χ0v) is 15.9. The van der Waals surface area contributed by atoms with Gasteiger partial charge in [-0.15, -0.1) is 0 Å². The fraction of sp³-hybridized carbons (Fsp3) is 0.450. The van der Waals surface area contributed by atoms with Gasteiger partial charge in [-0.3, -0.25) is 4.79 Å². The van der Waals surface area contributed by atoms with Gasteiger partial charge in [0.1, 0.15) is 0 Å². The van der Waals surface area contributed by atoms with Crippen molar-refractivity contribution in [2.45, 2.75) is 20.3 Å². The van der Waals surface area contributed by atoms with Gasteiger partial charge in [0.15, 0.2) is 12.4 Å². The van der Waals surface area contributed by atoms with Crippen LogP contribution >= 0.6 is 0 Å². The molecule has 1 aliphatic rings. The van der Waals surface area contributed by atoms with Crippen molar-refractivity contribution >= 4 is 11.9 Å². The average Bonchev–Trinajstić information content (AvgIpc) is 3.10. The number of likely N-dealkylation sites (tertiary alicyclic amines) is 1. The topological polar surface area (TPSA) is 73.7 Å². The van der Waals surface area contributed by atoms with Crippen molar-refractivity contribution in [2.75, 3.05) is 26.8 Å². The summed E-state index contributed by atoms with van der Waals surface area (Å²) in [5, 5.41) is 4.26. The summed E-state index contributed by atoms with van der Waals surface area (Å²) < 4.78 is 12.0. The second-order valence-electron chi connectivity index (χ2n) is 7.15. The second-order valence-corrected chi connectivity index (χ2v) is 7.15. The lowest BCUT2D eigenvalue weighted by Crippen LogP contribution is -2.44. The van der Waals surface area contributed by atoms with Crippen molar-refractivity contribution in [3.05, 3.63) is 42.2 Å². The summed E-state index contributed by atoms with van der Waals surface area (Å²) >= 11 is 0. The van der Waals surface area contributed by atoms with Crippen molar-refractivity contribution in [3.63, 3.8) is 0 Å². The molecule has 1 fully saturated rings. The number of ether oxygens (including phenoxy) is 2. The molecular formula is C20H25N3O4. The number of hydrogen-bond donors (Lipinski definition) is 0. The van der Waals surface area contributed by atoms with Gasteiger partial charge in [-0.25, -0.2) is 9.48 Å². The van der Waals surface area contributed by atoms with Gasteiger partial charge in [0.05, 0.1) is 19.0 Å². The van der Waals surface area contributed by atoms with E-state index in [-0.39, 0.29) is 18.2 Å². The standard InChI is InChI=1S/C20H25N3O4/c1-14-9-15(2)11-22(10-14)18(24)13-27-20(25)19-17(26-3)12-23(21-19)16-7-5-4-6-8-16/h4-8,12,14-15H,9-11,13H2,1-3H3/t14-,15-/m0/s1. The molecule has 1 aliphatic heterocycles. The van der Waals surface area contributed by atoms with Crippen molar-refractivity contribution < 1.29 is 19.1 Å². The monoisotopic (exact) mass is 371 g/mol. The van der Waals surface area contributed by atoms with E-state index in [1.54, 1.807) is 15.8 Å². The van der Waals surface area contributed by atoms with E-state index >= 15 is 0 Å². The molecule has 0 aliphatic carbocycles. The number of carbonyl (C=O) groups excluding carboxylic acids is 2. The Morgan fingerprint density at radius 3 is 2.44 bits per heavy atom. The maximum Gasteiger partial charge on any atom is 0.363 e. The Labute approximate surface area is 158 Å². The lowest BCUT2D eigenvalue weighted by Gasteiger charge is -2.34. The molecule has 1 aromatic carbocycles. The van der Waals surface area contributed by atoms with E-state index in [9.17, 15) is 9.59 Å². The highest BCUT2D eigenvalue weighted by molar-refractivity contribution is 5.92. The summed E-state index contributed by atoms with van der Waals surface area (Å²) in [4.78, 5) is 26.6. The molecule has 7 heteroatoms. The number of hydrogen-bond acceptors (Lipinski definition) is 5. The Kier molecular flexibility index (Phi) is 5.78. The van der Waals surface area contributed by atoms with Crippen LogP contribution in [-0.2, 0) is 9.53 Å². The summed E-state index contributed by atoms with van der Waals surface area (Å²) in [5.74, 6) is 0.359. The third-order valence-electron chi connectivity index (χ3n) is 4.66. The number of nitrogens with zero attached hydrogens (tertiary/aromatic N) is 3. The molecule has 0 unspecified atom stereocenters. The number of benzene rings is 1. The highest BCUT2D eigenvalue weighted by Crippen LogP contribution is 2.22.